The van der Waals surface area contributed by atoms with E-state index in [0.717, 1.165) is 5.56 Å². The van der Waals surface area contributed by atoms with Crippen molar-refractivity contribution < 1.29 is 18.0 Å². The van der Waals surface area contributed by atoms with Crippen LogP contribution in [0.3, 0.4) is 0 Å². The fourth-order valence-electron chi connectivity index (χ4n) is 3.07. The molecule has 158 valence electrons. The summed E-state index contributed by atoms with van der Waals surface area (Å²) in [5.74, 6) is -0.929. The Hall–Kier alpha value is -3.20. The van der Waals surface area contributed by atoms with Crippen molar-refractivity contribution in [3.63, 3.8) is 0 Å². The van der Waals surface area contributed by atoms with Crippen LogP contribution < -0.4 is 15.6 Å². The molecule has 3 rings (SSSR count). The monoisotopic (exact) mass is 428 g/mol. The number of benzene rings is 2. The van der Waals surface area contributed by atoms with E-state index in [0.29, 0.717) is 12.0 Å². The van der Waals surface area contributed by atoms with Crippen molar-refractivity contribution in [2.45, 2.75) is 37.6 Å². The normalized spacial score (nSPS) is 17.5. The molecule has 0 bridgehead atoms. The summed E-state index contributed by atoms with van der Waals surface area (Å²) >= 11 is 0. The lowest BCUT2D eigenvalue weighted by molar-refractivity contribution is -0.129. The van der Waals surface area contributed by atoms with Crippen LogP contribution >= 0.6 is 0 Å². The van der Waals surface area contributed by atoms with E-state index in [1.165, 1.54) is 6.07 Å². The number of aliphatic imine (C=N–C) groups is 1. The molecule has 0 spiro atoms. The summed E-state index contributed by atoms with van der Waals surface area (Å²) in [6.45, 7) is 3.75. The quantitative estimate of drug-likeness (QED) is 0.605. The number of amidine groups is 1. The highest BCUT2D eigenvalue weighted by Crippen LogP contribution is 2.24. The first-order chi connectivity index (χ1) is 14.3. The van der Waals surface area contributed by atoms with Gasteiger partial charge in [-0.25, -0.2) is 8.42 Å². The molecule has 0 saturated heterocycles. The molecule has 0 saturated carbocycles. The SMILES string of the molecule is CCC(C)C(N=C1NS(=O)(=O)c2ccccc21)C(=O)NNC(=O)Cc1ccccc1. The minimum atomic E-state index is -3.70. The first-order valence-corrected chi connectivity index (χ1v) is 11.1. The number of carbonyl (C=O) groups is 2. The second-order valence-corrected chi connectivity index (χ2v) is 8.76. The largest absolute Gasteiger partial charge is 0.273 e. The molecule has 9 heteroatoms. The molecule has 2 aromatic carbocycles. The summed E-state index contributed by atoms with van der Waals surface area (Å²) in [7, 11) is -3.70. The topological polar surface area (TPSA) is 117 Å². The third kappa shape index (κ3) is 4.85. The van der Waals surface area contributed by atoms with E-state index in [4.69, 9.17) is 0 Å². The minimum absolute atomic E-state index is 0.122. The second kappa shape index (κ2) is 9.08. The van der Waals surface area contributed by atoms with Gasteiger partial charge in [0.2, 0.25) is 5.91 Å². The van der Waals surface area contributed by atoms with Gasteiger partial charge in [0.25, 0.3) is 15.9 Å². The van der Waals surface area contributed by atoms with Crippen LogP contribution in [0.25, 0.3) is 0 Å². The number of hydrazine groups is 1. The Balaban J connectivity index is 1.74. The highest BCUT2D eigenvalue weighted by molar-refractivity contribution is 7.90. The number of nitrogens with zero attached hydrogens (tertiary/aromatic N) is 1. The van der Waals surface area contributed by atoms with Crippen LogP contribution in [0.4, 0.5) is 0 Å². The molecule has 30 heavy (non-hydrogen) atoms. The second-order valence-electron chi connectivity index (χ2n) is 7.11. The smallest absolute Gasteiger partial charge is 0.263 e. The van der Waals surface area contributed by atoms with Gasteiger partial charge in [-0.1, -0.05) is 62.7 Å². The average molecular weight is 429 g/mol. The van der Waals surface area contributed by atoms with E-state index in [-0.39, 0.29) is 29.0 Å². The number of sulfonamides is 1. The Morgan fingerprint density at radius 2 is 1.70 bits per heavy atom. The maximum Gasteiger partial charge on any atom is 0.263 e. The predicted octanol–water partition coefficient (Wildman–Crippen LogP) is 1.53. The van der Waals surface area contributed by atoms with Gasteiger partial charge >= 0.3 is 0 Å². The fourth-order valence-corrected chi connectivity index (χ4v) is 4.31. The van der Waals surface area contributed by atoms with Crippen LogP contribution in [0.15, 0.2) is 64.5 Å². The molecular formula is C21H24N4O4S. The summed E-state index contributed by atoms with van der Waals surface area (Å²) in [5, 5.41) is 0. The standard InChI is InChI=1S/C21H24N4O4S/c1-3-14(2)19(21(27)24-23-18(26)13-15-9-5-4-6-10-15)22-20-16-11-7-8-12-17(16)30(28,29)25-20/h4-12,14,19H,3,13H2,1-2H3,(H,22,25)(H,23,26)(H,24,27). The summed E-state index contributed by atoms with van der Waals surface area (Å²) in [6.07, 6.45) is 0.762. The van der Waals surface area contributed by atoms with Crippen molar-refractivity contribution in [1.29, 1.82) is 0 Å². The molecule has 0 aromatic heterocycles. The summed E-state index contributed by atoms with van der Waals surface area (Å²) in [6, 6.07) is 14.7. The lowest BCUT2D eigenvalue weighted by Gasteiger charge is -2.19. The average Bonchev–Trinajstić information content (AvgIpc) is 3.00. The molecule has 1 aliphatic rings. The summed E-state index contributed by atoms with van der Waals surface area (Å²) in [5.41, 5.74) is 6.06. The third-order valence-electron chi connectivity index (χ3n) is 4.92. The molecule has 0 fully saturated rings. The molecule has 8 nitrogen and oxygen atoms in total. The van der Waals surface area contributed by atoms with E-state index in [1.807, 2.05) is 44.2 Å². The molecule has 3 N–H and O–H groups in total. The Morgan fingerprint density at radius 1 is 1.03 bits per heavy atom. The van der Waals surface area contributed by atoms with E-state index >= 15 is 0 Å². The molecule has 2 amide bonds. The number of hydrogen-bond acceptors (Lipinski definition) is 5. The van der Waals surface area contributed by atoms with Crippen molar-refractivity contribution in [2.75, 3.05) is 0 Å². The van der Waals surface area contributed by atoms with Crippen molar-refractivity contribution >= 4 is 27.7 Å². The number of nitrogens with one attached hydrogen (secondary N) is 3. The molecule has 0 aliphatic carbocycles. The van der Waals surface area contributed by atoms with Crippen LogP contribution in [0.2, 0.25) is 0 Å². The molecule has 1 aliphatic heterocycles. The van der Waals surface area contributed by atoms with Crippen LogP contribution in [-0.4, -0.2) is 32.1 Å². The molecule has 2 atom stereocenters. The first kappa shape index (κ1) is 21.5. The van der Waals surface area contributed by atoms with Gasteiger partial charge in [-0.3, -0.25) is 30.2 Å². The maximum atomic E-state index is 12.8. The number of carbonyl (C=O) groups excluding carboxylic acids is 2. The van der Waals surface area contributed by atoms with Gasteiger partial charge in [0.05, 0.1) is 11.3 Å². The van der Waals surface area contributed by atoms with Gasteiger partial charge in [-0.2, -0.15) is 0 Å². The van der Waals surface area contributed by atoms with Crippen LogP contribution in [0.1, 0.15) is 31.4 Å². The van der Waals surface area contributed by atoms with E-state index in [2.05, 4.69) is 20.6 Å². The van der Waals surface area contributed by atoms with Gasteiger partial charge in [0.15, 0.2) is 0 Å². The Kier molecular flexibility index (Phi) is 6.51. The van der Waals surface area contributed by atoms with Crippen molar-refractivity contribution in [1.82, 2.24) is 15.6 Å². The first-order valence-electron chi connectivity index (χ1n) is 9.64. The third-order valence-corrected chi connectivity index (χ3v) is 6.31. The zero-order valence-electron chi connectivity index (χ0n) is 16.8. The van der Waals surface area contributed by atoms with Gasteiger partial charge < -0.3 is 0 Å². The summed E-state index contributed by atoms with van der Waals surface area (Å²) < 4.78 is 27.0. The Bertz CT molecular complexity index is 1070. The minimum Gasteiger partial charge on any atom is -0.273 e. The molecule has 1 heterocycles. The van der Waals surface area contributed by atoms with Gasteiger partial charge in [-0.05, 0) is 23.6 Å². The molecular weight excluding hydrogens is 404 g/mol. The van der Waals surface area contributed by atoms with Gasteiger partial charge in [0, 0.05) is 5.56 Å². The van der Waals surface area contributed by atoms with E-state index in [1.54, 1.807) is 18.2 Å². The number of rotatable bonds is 6. The fraction of sp³-hybridized carbons (Fsp3) is 0.286. The number of hydrogen-bond donors (Lipinski definition) is 3. The van der Waals surface area contributed by atoms with Crippen LogP contribution in [-0.2, 0) is 26.0 Å². The van der Waals surface area contributed by atoms with Gasteiger partial charge in [-0.15, -0.1) is 0 Å². The van der Waals surface area contributed by atoms with E-state index < -0.39 is 22.0 Å². The Labute approximate surface area is 175 Å². The maximum absolute atomic E-state index is 12.8. The highest BCUT2D eigenvalue weighted by Gasteiger charge is 2.33. The molecule has 2 unspecified atom stereocenters. The molecule has 2 aromatic rings. The lowest BCUT2D eigenvalue weighted by Crippen LogP contribution is -2.48. The highest BCUT2D eigenvalue weighted by atomic mass is 32.2. The van der Waals surface area contributed by atoms with Crippen LogP contribution in [0, 0.1) is 5.92 Å². The number of amides is 2. The van der Waals surface area contributed by atoms with Gasteiger partial charge in [0.1, 0.15) is 11.9 Å². The summed E-state index contributed by atoms with van der Waals surface area (Å²) in [4.78, 5) is 29.4. The zero-order valence-corrected chi connectivity index (χ0v) is 17.6. The molecule has 0 radical (unpaired) electrons. The number of fused-ring (bicyclic) bond motifs is 1. The Morgan fingerprint density at radius 3 is 2.40 bits per heavy atom. The predicted molar refractivity (Wildman–Crippen MR) is 113 cm³/mol. The zero-order chi connectivity index (χ0) is 21.7. The van der Waals surface area contributed by atoms with Crippen molar-refractivity contribution in [2.24, 2.45) is 10.9 Å². The lowest BCUT2D eigenvalue weighted by atomic mass is 9.99. The van der Waals surface area contributed by atoms with Crippen molar-refractivity contribution in [3.8, 4) is 0 Å². The van der Waals surface area contributed by atoms with E-state index in [9.17, 15) is 18.0 Å². The van der Waals surface area contributed by atoms with Crippen LogP contribution in [0.5, 0.6) is 0 Å². The van der Waals surface area contributed by atoms with Crippen molar-refractivity contribution in [3.05, 3.63) is 65.7 Å².